The molecule has 0 aliphatic rings. The van der Waals surface area contributed by atoms with Gasteiger partial charge in [-0.05, 0) is 36.2 Å². The molecule has 0 unspecified atom stereocenters. The van der Waals surface area contributed by atoms with Crippen molar-refractivity contribution in [1.82, 2.24) is 4.98 Å². The number of fused-ring (bicyclic) bond motifs is 2. The molecule has 0 bridgehead atoms. The van der Waals surface area contributed by atoms with Crippen LogP contribution in [0.5, 0.6) is 0 Å². The van der Waals surface area contributed by atoms with Gasteiger partial charge in [0, 0.05) is 16.5 Å². The molecule has 0 fully saturated rings. The zero-order valence-electron chi connectivity index (χ0n) is 9.77. The van der Waals surface area contributed by atoms with Crippen molar-refractivity contribution in [2.24, 2.45) is 0 Å². The summed E-state index contributed by atoms with van der Waals surface area (Å²) in [7, 11) is 0. The van der Waals surface area contributed by atoms with Crippen LogP contribution in [0.4, 0.5) is 5.69 Å². The van der Waals surface area contributed by atoms with E-state index in [1.807, 2.05) is 24.3 Å². The summed E-state index contributed by atoms with van der Waals surface area (Å²) in [4.78, 5) is 4.63. The van der Waals surface area contributed by atoms with Crippen molar-refractivity contribution in [3.63, 3.8) is 0 Å². The topological polar surface area (TPSA) is 38.9 Å². The molecule has 0 aliphatic carbocycles. The number of nitrogens with two attached hydrogens (primary N) is 1. The van der Waals surface area contributed by atoms with E-state index in [1.54, 1.807) is 0 Å². The van der Waals surface area contributed by atoms with E-state index >= 15 is 0 Å². The highest BCUT2D eigenvalue weighted by atomic mass is 14.7. The van der Waals surface area contributed by atoms with E-state index in [4.69, 9.17) is 5.73 Å². The predicted octanol–water partition coefficient (Wildman–Crippen LogP) is 3.53. The summed E-state index contributed by atoms with van der Waals surface area (Å²) in [6.45, 7) is 2.12. The molecule has 0 saturated carbocycles. The van der Waals surface area contributed by atoms with E-state index in [2.05, 4.69) is 30.1 Å². The second-order valence-corrected chi connectivity index (χ2v) is 4.28. The molecular formula is C15H14N2. The lowest BCUT2D eigenvalue weighted by Gasteiger charge is -2.06. The number of nitrogens with zero attached hydrogens (tertiary/aromatic N) is 1. The molecule has 0 atom stereocenters. The normalized spacial score (nSPS) is 11.1. The third-order valence-corrected chi connectivity index (χ3v) is 3.16. The van der Waals surface area contributed by atoms with E-state index in [0.29, 0.717) is 0 Å². The Kier molecular flexibility index (Phi) is 2.22. The number of benzene rings is 2. The van der Waals surface area contributed by atoms with E-state index in [-0.39, 0.29) is 0 Å². The predicted molar refractivity (Wildman–Crippen MR) is 73.0 cm³/mol. The van der Waals surface area contributed by atoms with Crippen molar-refractivity contribution >= 4 is 27.5 Å². The van der Waals surface area contributed by atoms with Gasteiger partial charge in [-0.2, -0.15) is 0 Å². The van der Waals surface area contributed by atoms with Gasteiger partial charge < -0.3 is 5.73 Å². The zero-order chi connectivity index (χ0) is 11.8. The summed E-state index contributed by atoms with van der Waals surface area (Å²) in [5, 5.41) is 2.33. The number of rotatable bonds is 1. The number of aromatic nitrogens is 1. The molecule has 1 aromatic heterocycles. The van der Waals surface area contributed by atoms with Crippen molar-refractivity contribution < 1.29 is 0 Å². The summed E-state index contributed by atoms with van der Waals surface area (Å²) < 4.78 is 0. The van der Waals surface area contributed by atoms with Crippen LogP contribution in [-0.4, -0.2) is 4.98 Å². The maximum Gasteiger partial charge on any atom is 0.0730 e. The Labute approximate surface area is 100 Å². The van der Waals surface area contributed by atoms with Gasteiger partial charge in [0.25, 0.3) is 0 Å². The molecular weight excluding hydrogens is 208 g/mol. The smallest absolute Gasteiger partial charge is 0.0730 e. The SMILES string of the molecule is CCc1cc2cc3ccccc3nc2cc1N. The van der Waals surface area contributed by atoms with Gasteiger partial charge in [0.05, 0.1) is 11.0 Å². The van der Waals surface area contributed by atoms with Gasteiger partial charge >= 0.3 is 0 Å². The molecule has 0 spiro atoms. The van der Waals surface area contributed by atoms with Crippen LogP contribution in [0.15, 0.2) is 42.5 Å². The van der Waals surface area contributed by atoms with Crippen LogP contribution in [0.25, 0.3) is 21.8 Å². The van der Waals surface area contributed by atoms with E-state index < -0.39 is 0 Å². The average molecular weight is 222 g/mol. The second-order valence-electron chi connectivity index (χ2n) is 4.28. The number of hydrogen-bond donors (Lipinski definition) is 1. The Bertz CT molecular complexity index is 702. The fourth-order valence-corrected chi connectivity index (χ4v) is 2.20. The van der Waals surface area contributed by atoms with Crippen LogP contribution >= 0.6 is 0 Å². The average Bonchev–Trinajstić information content (AvgIpc) is 2.35. The van der Waals surface area contributed by atoms with Gasteiger partial charge in [-0.15, -0.1) is 0 Å². The lowest BCUT2D eigenvalue weighted by Crippen LogP contribution is -1.94. The lowest BCUT2D eigenvalue weighted by atomic mass is 10.0. The fourth-order valence-electron chi connectivity index (χ4n) is 2.20. The minimum atomic E-state index is 0.836. The van der Waals surface area contributed by atoms with Crippen LogP contribution in [0.1, 0.15) is 12.5 Å². The molecule has 0 aliphatic heterocycles. The first kappa shape index (κ1) is 10.1. The molecule has 3 aromatic rings. The van der Waals surface area contributed by atoms with Crippen LogP contribution in [0.2, 0.25) is 0 Å². The van der Waals surface area contributed by atoms with Gasteiger partial charge in [0.15, 0.2) is 0 Å². The van der Waals surface area contributed by atoms with Crippen molar-refractivity contribution in [3.8, 4) is 0 Å². The second kappa shape index (κ2) is 3.74. The summed E-state index contributed by atoms with van der Waals surface area (Å²) in [5.74, 6) is 0. The molecule has 0 radical (unpaired) electrons. The van der Waals surface area contributed by atoms with E-state index in [9.17, 15) is 0 Å². The number of anilines is 1. The standard InChI is InChI=1S/C15H14N2/c1-2-10-7-12-8-11-5-3-4-6-14(11)17-15(12)9-13(10)16/h3-9H,2,16H2,1H3. The minimum Gasteiger partial charge on any atom is -0.398 e. The molecule has 2 nitrogen and oxygen atoms in total. The number of aryl methyl sites for hydroxylation is 1. The quantitative estimate of drug-likeness (QED) is 0.505. The molecule has 84 valence electrons. The first-order chi connectivity index (χ1) is 8.28. The highest BCUT2D eigenvalue weighted by Crippen LogP contribution is 2.24. The van der Waals surface area contributed by atoms with Crippen molar-refractivity contribution in [3.05, 3.63) is 48.0 Å². The summed E-state index contributed by atoms with van der Waals surface area (Å²) in [6.07, 6.45) is 0.953. The molecule has 0 amide bonds. The summed E-state index contributed by atoms with van der Waals surface area (Å²) >= 11 is 0. The Hall–Kier alpha value is -2.09. The molecule has 2 aromatic carbocycles. The Morgan fingerprint density at radius 1 is 1.00 bits per heavy atom. The number of hydrogen-bond acceptors (Lipinski definition) is 2. The number of pyridine rings is 1. The lowest BCUT2D eigenvalue weighted by molar-refractivity contribution is 1.15. The minimum absolute atomic E-state index is 0.836. The first-order valence-corrected chi connectivity index (χ1v) is 5.86. The Balaban J connectivity index is 2.40. The molecule has 1 heterocycles. The third kappa shape index (κ3) is 1.62. The molecule has 2 heteroatoms. The Morgan fingerprint density at radius 3 is 2.65 bits per heavy atom. The molecule has 3 rings (SSSR count). The van der Waals surface area contributed by atoms with E-state index in [1.165, 1.54) is 10.9 Å². The van der Waals surface area contributed by atoms with Crippen molar-refractivity contribution in [2.75, 3.05) is 5.73 Å². The third-order valence-electron chi connectivity index (χ3n) is 3.16. The monoisotopic (exact) mass is 222 g/mol. The summed E-state index contributed by atoms with van der Waals surface area (Å²) in [5.41, 5.74) is 10.0. The molecule has 0 saturated heterocycles. The maximum atomic E-state index is 6.00. The Morgan fingerprint density at radius 2 is 1.82 bits per heavy atom. The van der Waals surface area contributed by atoms with Crippen molar-refractivity contribution in [2.45, 2.75) is 13.3 Å². The fraction of sp³-hybridized carbons (Fsp3) is 0.133. The van der Waals surface area contributed by atoms with Crippen LogP contribution in [0.3, 0.4) is 0 Å². The van der Waals surface area contributed by atoms with Gasteiger partial charge in [-0.25, -0.2) is 4.98 Å². The highest BCUT2D eigenvalue weighted by molar-refractivity contribution is 5.94. The highest BCUT2D eigenvalue weighted by Gasteiger charge is 2.03. The van der Waals surface area contributed by atoms with Gasteiger partial charge in [0.2, 0.25) is 0 Å². The van der Waals surface area contributed by atoms with Crippen LogP contribution < -0.4 is 5.73 Å². The van der Waals surface area contributed by atoms with Crippen LogP contribution in [0, 0.1) is 0 Å². The van der Waals surface area contributed by atoms with Crippen LogP contribution in [-0.2, 0) is 6.42 Å². The van der Waals surface area contributed by atoms with Gasteiger partial charge in [-0.3, -0.25) is 0 Å². The molecule has 17 heavy (non-hydrogen) atoms. The van der Waals surface area contributed by atoms with Gasteiger partial charge in [0.1, 0.15) is 0 Å². The van der Waals surface area contributed by atoms with E-state index in [0.717, 1.165) is 28.5 Å². The van der Waals surface area contributed by atoms with Gasteiger partial charge in [-0.1, -0.05) is 25.1 Å². The zero-order valence-corrected chi connectivity index (χ0v) is 9.77. The molecule has 2 N–H and O–H groups in total. The first-order valence-electron chi connectivity index (χ1n) is 5.86. The van der Waals surface area contributed by atoms with Crippen molar-refractivity contribution in [1.29, 1.82) is 0 Å². The maximum absolute atomic E-state index is 6.00. The largest absolute Gasteiger partial charge is 0.398 e. The summed E-state index contributed by atoms with van der Waals surface area (Å²) in [6, 6.07) is 14.4. The number of para-hydroxylation sites is 1. The number of nitrogen functional groups attached to an aromatic ring is 1.